The summed E-state index contributed by atoms with van der Waals surface area (Å²) in [6, 6.07) is 11.7. The van der Waals surface area contributed by atoms with E-state index in [0.29, 0.717) is 30.1 Å². The molecule has 0 bridgehead atoms. The molecule has 7 nitrogen and oxygen atoms in total. The lowest BCUT2D eigenvalue weighted by Gasteiger charge is -2.36. The van der Waals surface area contributed by atoms with Crippen molar-refractivity contribution >= 4 is 16.9 Å². The molecule has 30 heavy (non-hydrogen) atoms. The monoisotopic (exact) mass is 405 g/mol. The molecule has 1 fully saturated rings. The Morgan fingerprint density at radius 2 is 2.13 bits per heavy atom. The van der Waals surface area contributed by atoms with Gasteiger partial charge >= 0.3 is 0 Å². The molecule has 0 saturated carbocycles. The summed E-state index contributed by atoms with van der Waals surface area (Å²) in [7, 11) is 1.82. The Kier molecular flexibility index (Phi) is 4.55. The molecule has 4 aromatic rings. The fraction of sp³-hybridized carbons (Fsp3) is 0.227. The van der Waals surface area contributed by atoms with Gasteiger partial charge in [0, 0.05) is 36.3 Å². The van der Waals surface area contributed by atoms with E-state index >= 15 is 0 Å². The number of carbonyl (C=O) groups excluding carboxylic acids is 1. The van der Waals surface area contributed by atoms with E-state index in [0.717, 1.165) is 16.6 Å². The van der Waals surface area contributed by atoms with Gasteiger partial charge in [-0.1, -0.05) is 18.2 Å². The van der Waals surface area contributed by atoms with E-state index < -0.39 is 6.04 Å². The zero-order valence-corrected chi connectivity index (χ0v) is 16.4. The molecule has 0 spiro atoms. The number of hydrogen-bond donors (Lipinski definition) is 1. The summed E-state index contributed by atoms with van der Waals surface area (Å²) in [5, 5.41) is 7.61. The van der Waals surface area contributed by atoms with Gasteiger partial charge in [-0.3, -0.25) is 9.89 Å². The van der Waals surface area contributed by atoms with Crippen LogP contribution in [0.2, 0.25) is 0 Å². The van der Waals surface area contributed by atoms with Crippen LogP contribution in [0.15, 0.2) is 54.9 Å². The smallest absolute Gasteiger partial charge is 0.271 e. The lowest BCUT2D eigenvalue weighted by molar-refractivity contribution is -0.00410. The van der Waals surface area contributed by atoms with Crippen LogP contribution in [0.3, 0.4) is 0 Å². The van der Waals surface area contributed by atoms with Gasteiger partial charge in [0.2, 0.25) is 0 Å². The number of H-pyrrole nitrogens is 1. The normalized spacial score (nSPS) is 16.9. The SMILES string of the molecule is Cn1c(C(=O)N2CCOCC2c2ccccc2F)cc2ccc(-c3cn[nH]c3)nc21. The van der Waals surface area contributed by atoms with Gasteiger partial charge in [-0.15, -0.1) is 0 Å². The second-order valence-corrected chi connectivity index (χ2v) is 7.30. The summed E-state index contributed by atoms with van der Waals surface area (Å²) >= 11 is 0. The minimum absolute atomic E-state index is 0.170. The molecule has 1 N–H and O–H groups in total. The van der Waals surface area contributed by atoms with Crippen LogP contribution >= 0.6 is 0 Å². The van der Waals surface area contributed by atoms with Gasteiger partial charge in [-0.05, 0) is 24.3 Å². The van der Waals surface area contributed by atoms with Crippen LogP contribution in [-0.4, -0.2) is 50.3 Å². The van der Waals surface area contributed by atoms with Gasteiger partial charge in [0.1, 0.15) is 17.2 Å². The van der Waals surface area contributed by atoms with E-state index in [1.54, 1.807) is 40.1 Å². The van der Waals surface area contributed by atoms with Crippen LogP contribution in [0.4, 0.5) is 4.39 Å². The number of nitrogens with one attached hydrogen (secondary N) is 1. The lowest BCUT2D eigenvalue weighted by atomic mass is 10.0. The van der Waals surface area contributed by atoms with E-state index in [9.17, 15) is 9.18 Å². The number of nitrogens with zero attached hydrogens (tertiary/aromatic N) is 4. The highest BCUT2D eigenvalue weighted by Gasteiger charge is 2.32. The fourth-order valence-electron chi connectivity index (χ4n) is 3.95. The molecule has 3 aromatic heterocycles. The number of aromatic amines is 1. The third kappa shape index (κ3) is 3.05. The zero-order chi connectivity index (χ0) is 20.7. The second kappa shape index (κ2) is 7.38. The number of fused-ring (bicyclic) bond motifs is 1. The molecule has 152 valence electrons. The maximum Gasteiger partial charge on any atom is 0.271 e. The average Bonchev–Trinajstić information content (AvgIpc) is 3.42. The first-order chi connectivity index (χ1) is 14.6. The molecule has 1 unspecified atom stereocenters. The van der Waals surface area contributed by atoms with Crippen molar-refractivity contribution < 1.29 is 13.9 Å². The van der Waals surface area contributed by atoms with Crippen molar-refractivity contribution in [3.05, 3.63) is 71.9 Å². The molecule has 5 rings (SSSR count). The van der Waals surface area contributed by atoms with Gasteiger partial charge in [-0.25, -0.2) is 9.37 Å². The first-order valence-electron chi connectivity index (χ1n) is 9.72. The Morgan fingerprint density at radius 1 is 1.27 bits per heavy atom. The minimum Gasteiger partial charge on any atom is -0.377 e. The van der Waals surface area contributed by atoms with E-state index in [4.69, 9.17) is 9.72 Å². The highest BCUT2D eigenvalue weighted by molar-refractivity contribution is 5.98. The molecular weight excluding hydrogens is 385 g/mol. The van der Waals surface area contributed by atoms with E-state index in [1.165, 1.54) is 6.07 Å². The second-order valence-electron chi connectivity index (χ2n) is 7.30. The summed E-state index contributed by atoms with van der Waals surface area (Å²) in [5.41, 5.74) is 3.31. The number of morpholine rings is 1. The highest BCUT2D eigenvalue weighted by Crippen LogP contribution is 2.29. The Bertz CT molecular complexity index is 1220. The van der Waals surface area contributed by atoms with Gasteiger partial charge in [-0.2, -0.15) is 5.10 Å². The van der Waals surface area contributed by atoms with E-state index in [-0.39, 0.29) is 18.3 Å². The number of aromatic nitrogens is 4. The standard InChI is InChI=1S/C22H20FN5O2/c1-27-19(10-14-6-7-18(26-21(14)27)15-11-24-25-12-15)22(29)28-8-9-30-13-20(28)16-4-2-3-5-17(16)23/h2-7,10-12,20H,8-9,13H2,1H3,(H,24,25). The van der Waals surface area contributed by atoms with Gasteiger partial charge in [0.25, 0.3) is 5.91 Å². The summed E-state index contributed by atoms with van der Waals surface area (Å²) in [4.78, 5) is 19.9. The summed E-state index contributed by atoms with van der Waals surface area (Å²) in [6.07, 6.45) is 3.48. The first-order valence-corrected chi connectivity index (χ1v) is 9.72. The first kappa shape index (κ1) is 18.5. The predicted molar refractivity (Wildman–Crippen MR) is 109 cm³/mol. The Hall–Kier alpha value is -3.52. The highest BCUT2D eigenvalue weighted by atomic mass is 19.1. The third-order valence-electron chi connectivity index (χ3n) is 5.54. The molecule has 0 aliphatic carbocycles. The largest absolute Gasteiger partial charge is 0.377 e. The van der Waals surface area contributed by atoms with Crippen LogP contribution in [0.25, 0.3) is 22.3 Å². The van der Waals surface area contributed by atoms with Crippen LogP contribution in [0.5, 0.6) is 0 Å². The van der Waals surface area contributed by atoms with Gasteiger partial charge < -0.3 is 14.2 Å². The van der Waals surface area contributed by atoms with Crippen molar-refractivity contribution in [3.8, 4) is 11.3 Å². The molecule has 1 amide bonds. The molecule has 1 atom stereocenters. The van der Waals surface area contributed by atoms with Crippen molar-refractivity contribution in [1.82, 2.24) is 24.6 Å². The predicted octanol–water partition coefficient (Wildman–Crippen LogP) is 3.32. The molecular formula is C22H20FN5O2. The van der Waals surface area contributed by atoms with E-state index in [2.05, 4.69) is 10.2 Å². The number of aryl methyl sites for hydroxylation is 1. The quantitative estimate of drug-likeness (QED) is 0.567. The molecule has 1 aliphatic heterocycles. The van der Waals surface area contributed by atoms with Crippen LogP contribution < -0.4 is 0 Å². The van der Waals surface area contributed by atoms with Crippen molar-refractivity contribution in [2.24, 2.45) is 7.05 Å². The van der Waals surface area contributed by atoms with E-state index in [1.807, 2.05) is 25.2 Å². The van der Waals surface area contributed by atoms with Crippen LogP contribution in [0, 0.1) is 5.82 Å². The lowest BCUT2D eigenvalue weighted by Crippen LogP contribution is -2.44. The number of amides is 1. The Balaban J connectivity index is 1.53. The molecule has 1 aromatic carbocycles. The Morgan fingerprint density at radius 3 is 2.93 bits per heavy atom. The number of hydrogen-bond acceptors (Lipinski definition) is 4. The molecule has 1 aliphatic rings. The molecule has 4 heterocycles. The maximum absolute atomic E-state index is 14.4. The van der Waals surface area contributed by atoms with Crippen LogP contribution in [-0.2, 0) is 11.8 Å². The molecule has 1 saturated heterocycles. The number of halogens is 1. The molecule has 0 radical (unpaired) electrons. The topological polar surface area (TPSA) is 76.0 Å². The summed E-state index contributed by atoms with van der Waals surface area (Å²) in [6.45, 7) is 1.08. The third-order valence-corrected chi connectivity index (χ3v) is 5.54. The van der Waals surface area contributed by atoms with Crippen molar-refractivity contribution in [1.29, 1.82) is 0 Å². The summed E-state index contributed by atoms with van der Waals surface area (Å²) < 4.78 is 21.8. The minimum atomic E-state index is -0.472. The average molecular weight is 405 g/mol. The van der Waals surface area contributed by atoms with Crippen LogP contribution in [0.1, 0.15) is 22.1 Å². The van der Waals surface area contributed by atoms with Crippen molar-refractivity contribution in [3.63, 3.8) is 0 Å². The van der Waals surface area contributed by atoms with Gasteiger partial charge in [0.15, 0.2) is 0 Å². The zero-order valence-electron chi connectivity index (χ0n) is 16.4. The number of ether oxygens (including phenoxy) is 1. The number of pyridine rings is 1. The molecule has 8 heteroatoms. The number of carbonyl (C=O) groups is 1. The van der Waals surface area contributed by atoms with Gasteiger partial charge in [0.05, 0.1) is 31.1 Å². The number of benzene rings is 1. The maximum atomic E-state index is 14.4. The summed E-state index contributed by atoms with van der Waals surface area (Å²) in [5.74, 6) is -0.508. The Labute approximate surface area is 172 Å². The van der Waals surface area contributed by atoms with Crippen molar-refractivity contribution in [2.45, 2.75) is 6.04 Å². The van der Waals surface area contributed by atoms with Crippen molar-refractivity contribution in [2.75, 3.05) is 19.8 Å². The fourth-order valence-corrected chi connectivity index (χ4v) is 3.95. The number of rotatable bonds is 3.